The third-order valence-electron chi connectivity index (χ3n) is 2.90. The van der Waals surface area contributed by atoms with Crippen LogP contribution in [0.1, 0.15) is 19.0 Å². The Morgan fingerprint density at radius 2 is 2.16 bits per heavy atom. The summed E-state index contributed by atoms with van der Waals surface area (Å²) in [6, 6.07) is 5.68. The molecule has 5 heteroatoms. The van der Waals surface area contributed by atoms with E-state index < -0.39 is 0 Å². The summed E-state index contributed by atoms with van der Waals surface area (Å²) in [5, 5.41) is 3.29. The van der Waals surface area contributed by atoms with Crippen molar-refractivity contribution in [2.24, 2.45) is 0 Å². The SMILES string of the molecule is CCCNCc1coc(-c2ccc3c(c2)OCO3)n1. The molecule has 0 saturated heterocycles. The summed E-state index contributed by atoms with van der Waals surface area (Å²) in [6.07, 6.45) is 2.79. The first-order valence-electron chi connectivity index (χ1n) is 6.42. The molecular weight excluding hydrogens is 244 g/mol. The number of hydrogen-bond acceptors (Lipinski definition) is 5. The molecule has 5 nitrogen and oxygen atoms in total. The highest BCUT2D eigenvalue weighted by Crippen LogP contribution is 2.35. The first-order valence-corrected chi connectivity index (χ1v) is 6.42. The van der Waals surface area contributed by atoms with Gasteiger partial charge in [-0.25, -0.2) is 4.98 Å². The van der Waals surface area contributed by atoms with E-state index in [0.717, 1.165) is 42.3 Å². The lowest BCUT2D eigenvalue weighted by Gasteiger charge is -1.99. The lowest BCUT2D eigenvalue weighted by Crippen LogP contribution is -2.13. The molecule has 1 aliphatic rings. The van der Waals surface area contributed by atoms with Crippen molar-refractivity contribution in [3.8, 4) is 23.0 Å². The molecule has 0 saturated carbocycles. The lowest BCUT2D eigenvalue weighted by molar-refractivity contribution is 0.174. The van der Waals surface area contributed by atoms with Crippen LogP contribution >= 0.6 is 0 Å². The molecule has 1 aromatic carbocycles. The van der Waals surface area contributed by atoms with Crippen molar-refractivity contribution in [3.05, 3.63) is 30.2 Å². The number of fused-ring (bicyclic) bond motifs is 1. The number of rotatable bonds is 5. The quantitative estimate of drug-likeness (QED) is 0.837. The number of hydrogen-bond donors (Lipinski definition) is 1. The van der Waals surface area contributed by atoms with Crippen LogP contribution in [0.2, 0.25) is 0 Å². The maximum absolute atomic E-state index is 5.49. The number of benzene rings is 1. The monoisotopic (exact) mass is 260 g/mol. The van der Waals surface area contributed by atoms with E-state index in [-0.39, 0.29) is 6.79 Å². The van der Waals surface area contributed by atoms with Gasteiger partial charge < -0.3 is 19.2 Å². The zero-order valence-corrected chi connectivity index (χ0v) is 10.8. The summed E-state index contributed by atoms with van der Waals surface area (Å²) in [6.45, 7) is 4.11. The van der Waals surface area contributed by atoms with Crippen LogP contribution in [0.3, 0.4) is 0 Å². The molecule has 1 aromatic heterocycles. The first-order chi connectivity index (χ1) is 9.36. The predicted molar refractivity (Wildman–Crippen MR) is 70.1 cm³/mol. The third-order valence-corrected chi connectivity index (χ3v) is 2.90. The zero-order valence-electron chi connectivity index (χ0n) is 10.8. The highest BCUT2D eigenvalue weighted by Gasteiger charge is 2.15. The van der Waals surface area contributed by atoms with Crippen LogP contribution in [-0.2, 0) is 6.54 Å². The van der Waals surface area contributed by atoms with Crippen molar-refractivity contribution < 1.29 is 13.9 Å². The molecule has 2 heterocycles. The van der Waals surface area contributed by atoms with E-state index in [9.17, 15) is 0 Å². The average Bonchev–Trinajstić information content (AvgIpc) is 3.06. The third kappa shape index (κ3) is 2.56. The Morgan fingerprint density at radius 3 is 3.05 bits per heavy atom. The molecular formula is C14H16N2O3. The molecule has 0 atom stereocenters. The molecule has 0 spiro atoms. The standard InChI is InChI=1S/C14H16N2O3/c1-2-5-15-7-11-8-17-14(16-11)10-3-4-12-13(6-10)19-9-18-12/h3-4,6,8,15H,2,5,7,9H2,1H3. The number of aromatic nitrogens is 1. The second kappa shape index (κ2) is 5.32. The molecule has 0 radical (unpaired) electrons. The van der Waals surface area contributed by atoms with Gasteiger partial charge in [-0.1, -0.05) is 6.92 Å². The van der Waals surface area contributed by atoms with Gasteiger partial charge in [0.05, 0.1) is 5.69 Å². The fourth-order valence-corrected chi connectivity index (χ4v) is 1.94. The Balaban J connectivity index is 1.75. The Labute approximate surface area is 111 Å². The van der Waals surface area contributed by atoms with Gasteiger partial charge in [0.25, 0.3) is 0 Å². The summed E-state index contributed by atoms with van der Waals surface area (Å²) in [4.78, 5) is 4.45. The van der Waals surface area contributed by atoms with Crippen molar-refractivity contribution in [1.82, 2.24) is 10.3 Å². The minimum absolute atomic E-state index is 0.274. The fourth-order valence-electron chi connectivity index (χ4n) is 1.94. The van der Waals surface area contributed by atoms with Gasteiger partial charge in [-0.2, -0.15) is 0 Å². The number of nitrogens with one attached hydrogen (secondary N) is 1. The Morgan fingerprint density at radius 1 is 1.26 bits per heavy atom. The maximum Gasteiger partial charge on any atom is 0.231 e. The molecule has 1 N–H and O–H groups in total. The van der Waals surface area contributed by atoms with Crippen LogP contribution in [-0.4, -0.2) is 18.3 Å². The normalized spacial score (nSPS) is 12.9. The van der Waals surface area contributed by atoms with E-state index >= 15 is 0 Å². The number of oxazole rings is 1. The van der Waals surface area contributed by atoms with E-state index in [2.05, 4.69) is 17.2 Å². The minimum atomic E-state index is 0.274. The van der Waals surface area contributed by atoms with Crippen molar-refractivity contribution in [1.29, 1.82) is 0 Å². The number of ether oxygens (including phenoxy) is 2. The lowest BCUT2D eigenvalue weighted by atomic mass is 10.2. The second-order valence-electron chi connectivity index (χ2n) is 4.39. The van der Waals surface area contributed by atoms with E-state index in [4.69, 9.17) is 13.9 Å². The van der Waals surface area contributed by atoms with Crippen LogP contribution in [0, 0.1) is 0 Å². The molecule has 19 heavy (non-hydrogen) atoms. The largest absolute Gasteiger partial charge is 0.454 e. The van der Waals surface area contributed by atoms with Crippen LogP contribution in [0.5, 0.6) is 11.5 Å². The molecule has 0 fully saturated rings. The minimum Gasteiger partial charge on any atom is -0.454 e. The Bertz CT molecular complexity index is 566. The summed E-state index contributed by atoms with van der Waals surface area (Å²) in [5.41, 5.74) is 1.80. The topological polar surface area (TPSA) is 56.5 Å². The van der Waals surface area contributed by atoms with E-state index in [1.807, 2.05) is 18.2 Å². The zero-order chi connectivity index (χ0) is 13.1. The van der Waals surface area contributed by atoms with E-state index in [1.165, 1.54) is 0 Å². The molecule has 100 valence electrons. The maximum atomic E-state index is 5.49. The van der Waals surface area contributed by atoms with Crippen molar-refractivity contribution in [2.75, 3.05) is 13.3 Å². The first kappa shape index (κ1) is 12.0. The molecule has 0 aliphatic carbocycles. The Hall–Kier alpha value is -2.01. The summed E-state index contributed by atoms with van der Waals surface area (Å²) in [5.74, 6) is 2.10. The van der Waals surface area contributed by atoms with Crippen molar-refractivity contribution in [3.63, 3.8) is 0 Å². The van der Waals surface area contributed by atoms with Crippen LogP contribution in [0.15, 0.2) is 28.9 Å². The highest BCUT2D eigenvalue weighted by atomic mass is 16.7. The van der Waals surface area contributed by atoms with Gasteiger partial charge in [0.2, 0.25) is 12.7 Å². The molecule has 0 bridgehead atoms. The van der Waals surface area contributed by atoms with Gasteiger partial charge >= 0.3 is 0 Å². The second-order valence-corrected chi connectivity index (χ2v) is 4.39. The molecule has 1 aliphatic heterocycles. The van der Waals surface area contributed by atoms with Crippen LogP contribution in [0.4, 0.5) is 0 Å². The predicted octanol–water partition coefficient (Wildman–Crippen LogP) is 2.57. The van der Waals surface area contributed by atoms with Gasteiger partial charge in [-0.05, 0) is 31.2 Å². The van der Waals surface area contributed by atoms with Crippen molar-refractivity contribution >= 4 is 0 Å². The highest BCUT2D eigenvalue weighted by molar-refractivity contribution is 5.60. The number of nitrogens with zero attached hydrogens (tertiary/aromatic N) is 1. The van der Waals surface area contributed by atoms with Gasteiger partial charge in [-0.15, -0.1) is 0 Å². The van der Waals surface area contributed by atoms with E-state index in [1.54, 1.807) is 6.26 Å². The fraction of sp³-hybridized carbons (Fsp3) is 0.357. The smallest absolute Gasteiger partial charge is 0.231 e. The Kier molecular flexibility index (Phi) is 3.37. The van der Waals surface area contributed by atoms with Gasteiger partial charge in [0, 0.05) is 12.1 Å². The van der Waals surface area contributed by atoms with E-state index in [0.29, 0.717) is 5.89 Å². The molecule has 2 aromatic rings. The molecule has 0 unspecified atom stereocenters. The average molecular weight is 260 g/mol. The van der Waals surface area contributed by atoms with Crippen LogP contribution < -0.4 is 14.8 Å². The van der Waals surface area contributed by atoms with Gasteiger partial charge in [0.1, 0.15) is 6.26 Å². The summed E-state index contributed by atoms with van der Waals surface area (Å²) >= 11 is 0. The molecule has 3 rings (SSSR count). The van der Waals surface area contributed by atoms with Gasteiger partial charge in [-0.3, -0.25) is 0 Å². The summed E-state index contributed by atoms with van der Waals surface area (Å²) < 4.78 is 16.1. The van der Waals surface area contributed by atoms with Gasteiger partial charge in [0.15, 0.2) is 11.5 Å². The molecule has 0 amide bonds. The van der Waals surface area contributed by atoms with Crippen LogP contribution in [0.25, 0.3) is 11.5 Å². The van der Waals surface area contributed by atoms with Crippen molar-refractivity contribution in [2.45, 2.75) is 19.9 Å². The summed E-state index contributed by atoms with van der Waals surface area (Å²) in [7, 11) is 0.